The largest absolute Gasteiger partial charge is 0.456 e. The van der Waals surface area contributed by atoms with Gasteiger partial charge in [0.2, 0.25) is 0 Å². The smallest absolute Gasteiger partial charge is 0.252 e. The summed E-state index contributed by atoms with van der Waals surface area (Å²) in [6, 6.07) is 59.0. The van der Waals surface area contributed by atoms with E-state index in [0.717, 1.165) is 0 Å². The molecule has 108 heavy (non-hydrogen) atoms. The van der Waals surface area contributed by atoms with Crippen LogP contribution in [0.25, 0.3) is 208 Å². The van der Waals surface area contributed by atoms with Crippen molar-refractivity contribution in [2.45, 2.75) is 0 Å². The number of nitrogens with zero attached hydrogens (tertiary/aromatic N) is 4. The molecule has 2 aliphatic rings. The van der Waals surface area contributed by atoms with E-state index in [1.165, 1.54) is 9.13 Å². The molecule has 7 heterocycles. The quantitative estimate of drug-likeness (QED) is 0.158. The second-order valence-corrected chi connectivity index (χ2v) is 27.5. The van der Waals surface area contributed by atoms with E-state index in [-0.39, 0.29) is 133 Å². The maximum atomic E-state index is 12.2. The summed E-state index contributed by atoms with van der Waals surface area (Å²) in [5.41, 5.74) is 2.18. The van der Waals surface area contributed by atoms with E-state index in [1.54, 1.807) is 24.3 Å². The molecule has 0 saturated heterocycles. The van der Waals surface area contributed by atoms with Crippen molar-refractivity contribution in [1.29, 1.82) is 0 Å². The summed E-state index contributed by atoms with van der Waals surface area (Å²) < 4.78 is 241. The standard InChI is InChI=1S/C102H61BN4O/c1-3-27-62(28-4-1)66-44-25-46-81-72-35-9-7-31-68(72)70-33-11-13-42-79(70)96-90(104-86-48-20-15-37-74(86)75-38-16-21-49-87(75)104)56-54-84-101(96)106(99(66)81)92-60-65(64-53-58-95-83(59-64)78-41-19-24-52-94(78)108-95)61-93-98(92)103(84)85-55-57-91(105-88-50-22-17-39-76(88)77-40-18-23-51-89(77)105)97-80-43-14-12-34-71(80)69-32-8-10-36-73(69)82-47-26-45-67(63-29-5-2-6-30-63)100(82)107(93)102(85)97/h1-61H/i15D,16D,17D,18D,20D,21D,22D,23D,37D,38D,39D,40D,48D,49D,50D,51D,54D,55D,56D,57D,60D,61D. The lowest BCUT2D eigenvalue weighted by atomic mass is 9.34. The minimum Gasteiger partial charge on any atom is -0.456 e. The van der Waals surface area contributed by atoms with Crippen molar-refractivity contribution in [3.63, 3.8) is 0 Å². The summed E-state index contributed by atoms with van der Waals surface area (Å²) in [5, 5.41) is 5.11. The zero-order chi connectivity index (χ0) is 89.5. The molecule has 22 aromatic rings. The van der Waals surface area contributed by atoms with Crippen LogP contribution in [-0.2, 0) is 0 Å². The van der Waals surface area contributed by atoms with Crippen molar-refractivity contribution < 1.29 is 34.6 Å². The van der Waals surface area contributed by atoms with Gasteiger partial charge in [0.1, 0.15) is 11.2 Å². The monoisotopic (exact) mass is 1390 g/mol. The number of furan rings is 1. The maximum Gasteiger partial charge on any atom is 0.252 e. The molecule has 2 aliphatic heterocycles. The van der Waals surface area contributed by atoms with Crippen LogP contribution in [-0.4, -0.2) is 25.0 Å². The maximum absolute atomic E-state index is 12.2. The zero-order valence-corrected chi connectivity index (χ0v) is 56.8. The lowest BCUT2D eigenvalue weighted by Crippen LogP contribution is -2.60. The average molecular weight is 1390 g/mol. The van der Waals surface area contributed by atoms with Gasteiger partial charge in [0, 0.05) is 76.4 Å². The van der Waals surface area contributed by atoms with Crippen molar-refractivity contribution in [3.05, 3.63) is 370 Å². The van der Waals surface area contributed by atoms with Crippen LogP contribution in [0.2, 0.25) is 0 Å². The number of hydrogen-bond acceptors (Lipinski definition) is 1. The lowest BCUT2D eigenvalue weighted by molar-refractivity contribution is 0.669. The molecule has 0 aliphatic carbocycles. The number of rotatable bonds is 5. The molecule has 0 radical (unpaired) electrons. The molecule has 6 heteroatoms. The van der Waals surface area contributed by atoms with Crippen LogP contribution in [0.1, 0.15) is 30.2 Å². The Labute approximate surface area is 651 Å². The Morgan fingerprint density at radius 1 is 0.241 bits per heavy atom. The highest BCUT2D eigenvalue weighted by atomic mass is 16.3. The van der Waals surface area contributed by atoms with E-state index < -0.39 is 128 Å². The molecule has 498 valence electrons. The highest BCUT2D eigenvalue weighted by molar-refractivity contribution is 7.00. The van der Waals surface area contributed by atoms with Gasteiger partial charge in [-0.2, -0.15) is 0 Å². The SMILES string of the molecule is [2H]c1c(-c2ccc3oc4ccccc4c3c2)c([2H])c2c3c1-n1c4c(-c5ccccc5)cccc4c4ccccc4c4ccccc4c4c(-n5c6c([2H])c([2H])c([2H])c([2H])c6c6c([2H])c([2H])c([2H])c([2H])c65)c([2H])c([2H])c(c41)B3c1c([2H])c([2H])c(-n3c4c([2H])c([2H])c([2H])c([2H])c4c4c([2H])c([2H])c([2H])c([2H])c43)c3c4ccccc4c4ccccc4c4cccc(-c5ccccc5)c4n-2c13. The fourth-order valence-electron chi connectivity index (χ4n) is 17.8. The molecule has 0 saturated carbocycles. The first-order valence-electron chi connectivity index (χ1n) is 46.6. The predicted octanol–water partition coefficient (Wildman–Crippen LogP) is 25.0. The highest BCUT2D eigenvalue weighted by Gasteiger charge is 2.42. The Balaban J connectivity index is 1.09. The van der Waals surface area contributed by atoms with Crippen LogP contribution in [0.5, 0.6) is 0 Å². The Hall–Kier alpha value is -14.2. The molecule has 0 fully saturated rings. The van der Waals surface area contributed by atoms with E-state index >= 15 is 0 Å². The van der Waals surface area contributed by atoms with Gasteiger partial charge in [0.25, 0.3) is 6.71 Å². The number of benzene rings is 17. The molecule has 0 bridgehead atoms. The first kappa shape index (κ1) is 41.9. The van der Waals surface area contributed by atoms with Crippen molar-refractivity contribution >= 4 is 175 Å². The van der Waals surface area contributed by atoms with E-state index in [4.69, 9.17) is 4.42 Å². The second kappa shape index (κ2) is 22.7. The summed E-state index contributed by atoms with van der Waals surface area (Å²) in [6.45, 7) is -1.79. The first-order valence-corrected chi connectivity index (χ1v) is 35.6. The van der Waals surface area contributed by atoms with Crippen LogP contribution >= 0.6 is 0 Å². The van der Waals surface area contributed by atoms with E-state index in [1.807, 2.05) is 221 Å². The number of para-hydroxylation sites is 7. The fraction of sp³-hybridized carbons (Fsp3) is 0. The van der Waals surface area contributed by atoms with Crippen LogP contribution in [0.4, 0.5) is 0 Å². The molecule has 0 N–H and O–H groups in total. The predicted molar refractivity (Wildman–Crippen MR) is 457 cm³/mol. The van der Waals surface area contributed by atoms with Gasteiger partial charge in [0.05, 0.1) is 85.7 Å². The number of hydrogen-bond donors (Lipinski definition) is 0. The Morgan fingerprint density at radius 3 is 1.05 bits per heavy atom. The third-order valence-electron chi connectivity index (χ3n) is 22.1. The second-order valence-electron chi connectivity index (χ2n) is 27.5. The molecule has 0 atom stereocenters. The van der Waals surface area contributed by atoms with E-state index in [2.05, 4.69) is 0 Å². The van der Waals surface area contributed by atoms with Crippen LogP contribution in [0, 0.1) is 0 Å². The van der Waals surface area contributed by atoms with Crippen molar-refractivity contribution in [2.24, 2.45) is 0 Å². The topological polar surface area (TPSA) is 32.9 Å². The van der Waals surface area contributed by atoms with Gasteiger partial charge in [-0.3, -0.25) is 0 Å². The Bertz CT molecular complexity index is 8680. The van der Waals surface area contributed by atoms with E-state index in [9.17, 15) is 30.2 Å². The van der Waals surface area contributed by atoms with Gasteiger partial charge in [-0.15, -0.1) is 0 Å². The van der Waals surface area contributed by atoms with Crippen LogP contribution < -0.4 is 16.4 Å². The highest BCUT2D eigenvalue weighted by Crippen LogP contribution is 2.48. The average Bonchev–Trinajstić information content (AvgIpc) is 0.945. The van der Waals surface area contributed by atoms with Gasteiger partial charge >= 0.3 is 0 Å². The van der Waals surface area contributed by atoms with Gasteiger partial charge in [-0.25, -0.2) is 0 Å². The minimum absolute atomic E-state index is 0.00214. The van der Waals surface area contributed by atoms with Crippen molar-refractivity contribution in [3.8, 4) is 56.1 Å². The summed E-state index contributed by atoms with van der Waals surface area (Å²) in [7, 11) is 0. The fourth-order valence-corrected chi connectivity index (χ4v) is 17.8. The van der Waals surface area contributed by atoms with Crippen LogP contribution in [0.3, 0.4) is 0 Å². The molecule has 0 unspecified atom stereocenters. The van der Waals surface area contributed by atoms with E-state index in [0.29, 0.717) is 104 Å². The summed E-state index contributed by atoms with van der Waals surface area (Å²) in [6.07, 6.45) is 0. The summed E-state index contributed by atoms with van der Waals surface area (Å²) in [5.74, 6) is 0. The zero-order valence-electron chi connectivity index (χ0n) is 78.8. The molecule has 17 aromatic carbocycles. The molecular weight excluding hydrogens is 1310 g/mol. The third kappa shape index (κ3) is 8.20. The first-order chi connectivity index (χ1) is 62.8. The molecular formula is C102H61BN4O. The third-order valence-corrected chi connectivity index (χ3v) is 22.1. The number of fused-ring (bicyclic) bond motifs is 27. The minimum atomic E-state index is -1.79. The molecule has 0 spiro atoms. The molecule has 0 amide bonds. The Kier molecular flexibility index (Phi) is 8.80. The molecule has 5 nitrogen and oxygen atoms in total. The van der Waals surface area contributed by atoms with Gasteiger partial charge in [-0.05, 0) is 148 Å². The van der Waals surface area contributed by atoms with Gasteiger partial charge < -0.3 is 22.7 Å². The summed E-state index contributed by atoms with van der Waals surface area (Å²) >= 11 is 0. The molecule has 5 aromatic heterocycles. The van der Waals surface area contributed by atoms with Gasteiger partial charge in [-0.1, -0.05) is 303 Å². The summed E-state index contributed by atoms with van der Waals surface area (Å²) in [4.78, 5) is 0. The normalized spacial score (nSPS) is 15.3. The van der Waals surface area contributed by atoms with Gasteiger partial charge in [0.15, 0.2) is 0 Å². The van der Waals surface area contributed by atoms with Crippen molar-refractivity contribution in [1.82, 2.24) is 18.3 Å². The lowest BCUT2D eigenvalue weighted by Gasteiger charge is -2.37. The molecule has 24 rings (SSSR count). The van der Waals surface area contributed by atoms with Crippen LogP contribution in [0.15, 0.2) is 374 Å². The Morgan fingerprint density at radius 2 is 0.602 bits per heavy atom. The number of aromatic nitrogens is 4. The van der Waals surface area contributed by atoms with Crippen molar-refractivity contribution in [2.75, 3.05) is 0 Å².